The van der Waals surface area contributed by atoms with Crippen LogP contribution < -0.4 is 14.8 Å². The number of fused-ring (bicyclic) bond motifs is 1. The van der Waals surface area contributed by atoms with Crippen molar-refractivity contribution < 1.29 is 14.6 Å². The first-order valence-corrected chi connectivity index (χ1v) is 9.47. The van der Waals surface area contributed by atoms with Crippen molar-refractivity contribution in [3.8, 4) is 11.5 Å². The number of para-hydroxylation sites is 1. The Kier molecular flexibility index (Phi) is 6.92. The van der Waals surface area contributed by atoms with Gasteiger partial charge >= 0.3 is 0 Å². The topological polar surface area (TPSA) is 50.7 Å². The molecule has 0 saturated heterocycles. The van der Waals surface area contributed by atoms with Crippen LogP contribution in [-0.2, 0) is 12.8 Å². The van der Waals surface area contributed by atoms with Gasteiger partial charge in [-0.2, -0.15) is 0 Å². The smallest absolute Gasteiger partial charge is 0.119 e. The zero-order valence-electron chi connectivity index (χ0n) is 15.5. The highest BCUT2D eigenvalue weighted by molar-refractivity contribution is 5.36. The van der Waals surface area contributed by atoms with Crippen LogP contribution in [0.2, 0.25) is 0 Å². The highest BCUT2D eigenvalue weighted by Gasteiger charge is 2.17. The summed E-state index contributed by atoms with van der Waals surface area (Å²) in [6.07, 6.45) is 4.12. The second kappa shape index (κ2) is 9.60. The fourth-order valence-corrected chi connectivity index (χ4v) is 3.55. The third kappa shape index (κ3) is 5.48. The number of nitrogens with one attached hydrogen (secondary N) is 1. The van der Waals surface area contributed by atoms with Crippen molar-refractivity contribution in [1.82, 2.24) is 5.32 Å². The van der Waals surface area contributed by atoms with E-state index in [1.807, 2.05) is 30.3 Å². The molecule has 2 N–H and O–H groups in total. The van der Waals surface area contributed by atoms with Crippen LogP contribution in [0.3, 0.4) is 0 Å². The standard InChI is InChI=1S/C22H29NO3/c1-25-22-11-10-18-7-5-6-17(12-19(18)13-22)14-23-15-20(24)16-26-21-8-3-2-4-9-21/h2-4,8-11,13,17,20,23-24H,5-7,12,14-16H2,1H3/t17?,20-/m0/s1. The Morgan fingerprint density at radius 2 is 1.96 bits per heavy atom. The van der Waals surface area contributed by atoms with Gasteiger partial charge in [0.25, 0.3) is 0 Å². The van der Waals surface area contributed by atoms with Crippen LogP contribution in [0.5, 0.6) is 11.5 Å². The summed E-state index contributed by atoms with van der Waals surface area (Å²) in [6.45, 7) is 1.77. The molecular formula is C22H29NO3. The first kappa shape index (κ1) is 18.7. The Balaban J connectivity index is 1.42. The molecule has 0 aromatic heterocycles. The van der Waals surface area contributed by atoms with E-state index in [0.717, 1.165) is 30.9 Å². The molecule has 140 valence electrons. The van der Waals surface area contributed by atoms with Gasteiger partial charge in [0.15, 0.2) is 0 Å². The number of aliphatic hydroxyl groups excluding tert-OH is 1. The van der Waals surface area contributed by atoms with E-state index < -0.39 is 6.10 Å². The second-order valence-electron chi connectivity index (χ2n) is 7.03. The minimum absolute atomic E-state index is 0.307. The number of aryl methyl sites for hydroxylation is 1. The molecule has 3 rings (SSSR count). The molecule has 1 aliphatic carbocycles. The van der Waals surface area contributed by atoms with Crippen LogP contribution in [0.1, 0.15) is 24.0 Å². The number of benzene rings is 2. The minimum Gasteiger partial charge on any atom is -0.497 e. The maximum absolute atomic E-state index is 10.1. The fourth-order valence-electron chi connectivity index (χ4n) is 3.55. The van der Waals surface area contributed by atoms with E-state index in [1.54, 1.807) is 7.11 Å². The Morgan fingerprint density at radius 1 is 1.12 bits per heavy atom. The van der Waals surface area contributed by atoms with Crippen LogP contribution in [0.25, 0.3) is 0 Å². The molecule has 4 heteroatoms. The molecule has 2 aromatic rings. The van der Waals surface area contributed by atoms with Gasteiger partial charge in [-0.3, -0.25) is 0 Å². The zero-order chi connectivity index (χ0) is 18.2. The molecule has 2 atom stereocenters. The fraction of sp³-hybridized carbons (Fsp3) is 0.455. The number of hydrogen-bond acceptors (Lipinski definition) is 4. The number of aliphatic hydroxyl groups is 1. The lowest BCUT2D eigenvalue weighted by molar-refractivity contribution is 0.105. The molecule has 1 unspecified atom stereocenters. The van der Waals surface area contributed by atoms with Crippen molar-refractivity contribution in [2.24, 2.45) is 5.92 Å². The predicted octanol–water partition coefficient (Wildman–Crippen LogP) is 3.22. The SMILES string of the molecule is COc1ccc2c(c1)CC(CNC[C@H](O)COc1ccccc1)CCC2. The molecule has 0 fully saturated rings. The van der Waals surface area contributed by atoms with E-state index in [-0.39, 0.29) is 0 Å². The van der Waals surface area contributed by atoms with Gasteiger partial charge < -0.3 is 19.9 Å². The normalized spacial score (nSPS) is 17.8. The lowest BCUT2D eigenvalue weighted by atomic mass is 9.96. The molecule has 1 aliphatic rings. The summed E-state index contributed by atoms with van der Waals surface area (Å²) in [4.78, 5) is 0. The average Bonchev–Trinajstić information content (AvgIpc) is 2.88. The lowest BCUT2D eigenvalue weighted by Gasteiger charge is -2.18. The Labute approximate surface area is 156 Å². The summed E-state index contributed by atoms with van der Waals surface area (Å²) < 4.78 is 11.0. The monoisotopic (exact) mass is 355 g/mol. The largest absolute Gasteiger partial charge is 0.497 e. The van der Waals surface area contributed by atoms with E-state index in [2.05, 4.69) is 23.5 Å². The summed E-state index contributed by atoms with van der Waals surface area (Å²) >= 11 is 0. The van der Waals surface area contributed by atoms with Gasteiger partial charge in [0.05, 0.1) is 7.11 Å². The summed E-state index contributed by atoms with van der Waals surface area (Å²) in [7, 11) is 1.72. The molecule has 4 nitrogen and oxygen atoms in total. The summed E-state index contributed by atoms with van der Waals surface area (Å²) in [5.41, 5.74) is 2.85. The maximum atomic E-state index is 10.1. The summed E-state index contributed by atoms with van der Waals surface area (Å²) in [6, 6.07) is 16.0. The number of methoxy groups -OCH3 is 1. The molecule has 2 aromatic carbocycles. The Bertz CT molecular complexity index is 674. The number of rotatable bonds is 8. The van der Waals surface area contributed by atoms with Crippen LogP contribution in [-0.4, -0.2) is 38.0 Å². The van der Waals surface area contributed by atoms with Crippen molar-refractivity contribution in [2.45, 2.75) is 31.8 Å². The van der Waals surface area contributed by atoms with Gasteiger partial charge in [-0.1, -0.05) is 24.3 Å². The second-order valence-corrected chi connectivity index (χ2v) is 7.03. The van der Waals surface area contributed by atoms with E-state index in [9.17, 15) is 5.11 Å². The molecule has 0 bridgehead atoms. The van der Waals surface area contributed by atoms with Gasteiger partial charge in [-0.15, -0.1) is 0 Å². The van der Waals surface area contributed by atoms with Gasteiger partial charge in [0.1, 0.15) is 24.2 Å². The predicted molar refractivity (Wildman–Crippen MR) is 104 cm³/mol. The highest BCUT2D eigenvalue weighted by Crippen LogP contribution is 2.27. The molecule has 0 radical (unpaired) electrons. The third-order valence-corrected chi connectivity index (χ3v) is 4.98. The van der Waals surface area contributed by atoms with Crippen molar-refractivity contribution in [3.05, 3.63) is 59.7 Å². The molecule has 0 amide bonds. The Morgan fingerprint density at radius 3 is 2.77 bits per heavy atom. The zero-order valence-corrected chi connectivity index (χ0v) is 15.5. The van der Waals surface area contributed by atoms with Gasteiger partial charge in [0.2, 0.25) is 0 Å². The summed E-state index contributed by atoms with van der Waals surface area (Å²) in [5.74, 6) is 2.32. The molecule has 0 heterocycles. The van der Waals surface area contributed by atoms with Gasteiger partial charge in [-0.25, -0.2) is 0 Å². The quantitative estimate of drug-likeness (QED) is 0.714. The van der Waals surface area contributed by atoms with Crippen molar-refractivity contribution >= 4 is 0 Å². The van der Waals surface area contributed by atoms with E-state index in [1.165, 1.54) is 24.0 Å². The lowest BCUT2D eigenvalue weighted by Crippen LogP contribution is -2.34. The van der Waals surface area contributed by atoms with E-state index >= 15 is 0 Å². The molecular weight excluding hydrogens is 326 g/mol. The van der Waals surface area contributed by atoms with Crippen LogP contribution in [0, 0.1) is 5.92 Å². The molecule has 26 heavy (non-hydrogen) atoms. The van der Waals surface area contributed by atoms with Crippen molar-refractivity contribution in [2.75, 3.05) is 26.8 Å². The first-order chi connectivity index (χ1) is 12.7. The molecule has 0 aliphatic heterocycles. The Hall–Kier alpha value is -2.04. The van der Waals surface area contributed by atoms with E-state index in [4.69, 9.17) is 9.47 Å². The molecule has 0 spiro atoms. The van der Waals surface area contributed by atoms with Crippen molar-refractivity contribution in [3.63, 3.8) is 0 Å². The third-order valence-electron chi connectivity index (χ3n) is 4.98. The van der Waals surface area contributed by atoms with Crippen LogP contribution in [0.4, 0.5) is 0 Å². The van der Waals surface area contributed by atoms with Crippen LogP contribution >= 0.6 is 0 Å². The highest BCUT2D eigenvalue weighted by atomic mass is 16.5. The van der Waals surface area contributed by atoms with Crippen LogP contribution in [0.15, 0.2) is 48.5 Å². The molecule has 0 saturated carbocycles. The maximum Gasteiger partial charge on any atom is 0.119 e. The minimum atomic E-state index is -0.506. The number of ether oxygens (including phenoxy) is 2. The van der Waals surface area contributed by atoms with Crippen molar-refractivity contribution in [1.29, 1.82) is 0 Å². The van der Waals surface area contributed by atoms with E-state index in [0.29, 0.717) is 19.1 Å². The average molecular weight is 355 g/mol. The van der Waals surface area contributed by atoms with Gasteiger partial charge in [-0.05, 0) is 73.5 Å². The first-order valence-electron chi connectivity index (χ1n) is 9.47. The van der Waals surface area contributed by atoms with Gasteiger partial charge in [0, 0.05) is 6.54 Å². The number of hydrogen-bond donors (Lipinski definition) is 2. The summed E-state index contributed by atoms with van der Waals surface area (Å²) in [5, 5.41) is 13.5.